The van der Waals surface area contributed by atoms with Crippen molar-refractivity contribution in [2.75, 3.05) is 6.54 Å². The number of ether oxygens (including phenoxy) is 1. The van der Waals surface area contributed by atoms with E-state index in [-0.39, 0.29) is 18.2 Å². The minimum Gasteiger partial charge on any atom is -0.388 e. The summed E-state index contributed by atoms with van der Waals surface area (Å²) in [6, 6.07) is 8.41. The van der Waals surface area contributed by atoms with Crippen molar-refractivity contribution < 1.29 is 9.84 Å². The van der Waals surface area contributed by atoms with E-state index in [1.54, 1.807) is 0 Å². The molecule has 98 valence electrons. The van der Waals surface area contributed by atoms with Gasteiger partial charge in [0.1, 0.15) is 0 Å². The summed E-state index contributed by atoms with van der Waals surface area (Å²) in [7, 11) is 0. The van der Waals surface area contributed by atoms with Crippen LogP contribution in [0.3, 0.4) is 0 Å². The minimum absolute atomic E-state index is 0.0187. The van der Waals surface area contributed by atoms with Crippen molar-refractivity contribution in [2.45, 2.75) is 50.5 Å². The van der Waals surface area contributed by atoms with Crippen molar-refractivity contribution in [1.29, 1.82) is 0 Å². The van der Waals surface area contributed by atoms with Gasteiger partial charge in [0.25, 0.3) is 0 Å². The third kappa shape index (κ3) is 2.18. The molecule has 0 radical (unpaired) electrons. The number of rotatable bonds is 2. The van der Waals surface area contributed by atoms with E-state index in [9.17, 15) is 5.11 Å². The highest BCUT2D eigenvalue weighted by atomic mass is 16.5. The van der Waals surface area contributed by atoms with Crippen LogP contribution in [-0.4, -0.2) is 30.0 Å². The highest BCUT2D eigenvalue weighted by Gasteiger charge is 2.35. The molecular formula is C15H21NO2. The summed E-state index contributed by atoms with van der Waals surface area (Å²) in [5.41, 5.74) is 2.59. The maximum atomic E-state index is 10.6. The zero-order chi connectivity index (χ0) is 12.5. The van der Waals surface area contributed by atoms with Gasteiger partial charge in [0.15, 0.2) is 0 Å². The second-order valence-corrected chi connectivity index (χ2v) is 5.43. The number of fused-ring (bicyclic) bond motifs is 1. The van der Waals surface area contributed by atoms with Crippen LogP contribution in [0.25, 0.3) is 0 Å². The van der Waals surface area contributed by atoms with Gasteiger partial charge >= 0.3 is 0 Å². The second kappa shape index (κ2) is 5.00. The van der Waals surface area contributed by atoms with Crippen molar-refractivity contribution in [3.05, 3.63) is 35.4 Å². The van der Waals surface area contributed by atoms with Gasteiger partial charge in [0, 0.05) is 0 Å². The third-order valence-corrected chi connectivity index (χ3v) is 4.14. The maximum absolute atomic E-state index is 10.6. The van der Waals surface area contributed by atoms with Gasteiger partial charge in [-0.25, -0.2) is 0 Å². The first kappa shape index (κ1) is 12.2. The number of hydrogen-bond donors (Lipinski definition) is 2. The Balaban J connectivity index is 1.81. The summed E-state index contributed by atoms with van der Waals surface area (Å²) in [5.74, 6) is 0. The molecule has 4 unspecified atom stereocenters. The van der Waals surface area contributed by atoms with Gasteiger partial charge in [-0.2, -0.15) is 0 Å². The average Bonchev–Trinajstić information content (AvgIpc) is 2.84. The Hall–Kier alpha value is -0.900. The molecular weight excluding hydrogens is 226 g/mol. The van der Waals surface area contributed by atoms with E-state index in [0.29, 0.717) is 0 Å². The highest BCUT2D eigenvalue weighted by Crippen LogP contribution is 2.31. The summed E-state index contributed by atoms with van der Waals surface area (Å²) in [6.07, 6.45) is 2.86. The zero-order valence-electron chi connectivity index (χ0n) is 10.8. The van der Waals surface area contributed by atoms with Crippen LogP contribution in [0.2, 0.25) is 0 Å². The molecule has 3 heteroatoms. The van der Waals surface area contributed by atoms with E-state index in [2.05, 4.69) is 30.4 Å². The quantitative estimate of drug-likeness (QED) is 0.837. The minimum atomic E-state index is -0.448. The van der Waals surface area contributed by atoms with Gasteiger partial charge in [-0.3, -0.25) is 0 Å². The van der Waals surface area contributed by atoms with Crippen LogP contribution < -0.4 is 5.32 Å². The molecule has 3 rings (SSSR count). The lowest BCUT2D eigenvalue weighted by atomic mass is 9.88. The summed E-state index contributed by atoms with van der Waals surface area (Å²) in [6.45, 7) is 3.01. The Labute approximate surface area is 108 Å². The van der Waals surface area contributed by atoms with Gasteiger partial charge in [-0.05, 0) is 43.9 Å². The first-order valence-corrected chi connectivity index (χ1v) is 6.90. The summed E-state index contributed by atoms with van der Waals surface area (Å²) >= 11 is 0. The SMILES string of the molecule is CC1CCC(C(O)C2NCCc3ccccc32)O1. The summed E-state index contributed by atoms with van der Waals surface area (Å²) < 4.78 is 5.80. The molecule has 1 fully saturated rings. The number of aliphatic hydroxyl groups excluding tert-OH is 1. The fourth-order valence-electron chi connectivity index (χ4n) is 3.14. The normalized spacial score (nSPS) is 33.1. The van der Waals surface area contributed by atoms with Gasteiger partial charge in [-0.1, -0.05) is 24.3 Å². The highest BCUT2D eigenvalue weighted by molar-refractivity contribution is 5.33. The van der Waals surface area contributed by atoms with Crippen LogP contribution in [0.4, 0.5) is 0 Å². The number of hydrogen-bond acceptors (Lipinski definition) is 3. The molecule has 0 saturated carbocycles. The molecule has 0 amide bonds. The fourth-order valence-corrected chi connectivity index (χ4v) is 3.14. The first-order valence-electron chi connectivity index (χ1n) is 6.90. The molecule has 0 aromatic heterocycles. The third-order valence-electron chi connectivity index (χ3n) is 4.14. The van der Waals surface area contributed by atoms with E-state index < -0.39 is 6.10 Å². The number of aliphatic hydroxyl groups is 1. The molecule has 2 N–H and O–H groups in total. The standard InChI is InChI=1S/C15H21NO2/c1-10-6-7-13(18-10)15(17)14-12-5-3-2-4-11(12)8-9-16-14/h2-5,10,13-17H,6-9H2,1H3. The molecule has 1 aromatic rings. The van der Waals surface area contributed by atoms with E-state index in [1.165, 1.54) is 11.1 Å². The molecule has 0 bridgehead atoms. The van der Waals surface area contributed by atoms with Gasteiger partial charge < -0.3 is 15.2 Å². The Morgan fingerprint density at radius 1 is 1.33 bits per heavy atom. The zero-order valence-corrected chi connectivity index (χ0v) is 10.8. The summed E-state index contributed by atoms with van der Waals surface area (Å²) in [4.78, 5) is 0. The predicted molar refractivity (Wildman–Crippen MR) is 70.5 cm³/mol. The Kier molecular flexibility index (Phi) is 3.37. The molecule has 2 aliphatic rings. The van der Waals surface area contributed by atoms with E-state index in [4.69, 9.17) is 4.74 Å². The van der Waals surface area contributed by atoms with Crippen molar-refractivity contribution in [2.24, 2.45) is 0 Å². The van der Waals surface area contributed by atoms with Crippen LogP contribution in [-0.2, 0) is 11.2 Å². The lowest BCUT2D eigenvalue weighted by Crippen LogP contribution is -2.43. The van der Waals surface area contributed by atoms with Crippen LogP contribution in [0, 0.1) is 0 Å². The fraction of sp³-hybridized carbons (Fsp3) is 0.600. The molecule has 0 aliphatic carbocycles. The van der Waals surface area contributed by atoms with Gasteiger partial charge in [0.2, 0.25) is 0 Å². The molecule has 4 atom stereocenters. The van der Waals surface area contributed by atoms with Crippen LogP contribution in [0.1, 0.15) is 36.9 Å². The van der Waals surface area contributed by atoms with Crippen molar-refractivity contribution in [3.8, 4) is 0 Å². The van der Waals surface area contributed by atoms with Gasteiger partial charge in [0.05, 0.1) is 24.4 Å². The topological polar surface area (TPSA) is 41.5 Å². The van der Waals surface area contributed by atoms with Crippen LogP contribution in [0.15, 0.2) is 24.3 Å². The smallest absolute Gasteiger partial charge is 0.0996 e. The Morgan fingerprint density at radius 2 is 2.17 bits per heavy atom. The average molecular weight is 247 g/mol. The van der Waals surface area contributed by atoms with Crippen LogP contribution in [0.5, 0.6) is 0 Å². The number of benzene rings is 1. The monoisotopic (exact) mass is 247 g/mol. The lowest BCUT2D eigenvalue weighted by Gasteiger charge is -2.33. The second-order valence-electron chi connectivity index (χ2n) is 5.43. The van der Waals surface area contributed by atoms with Gasteiger partial charge in [-0.15, -0.1) is 0 Å². The lowest BCUT2D eigenvalue weighted by molar-refractivity contribution is -0.0450. The van der Waals surface area contributed by atoms with E-state index in [0.717, 1.165) is 25.8 Å². The maximum Gasteiger partial charge on any atom is 0.0996 e. The Morgan fingerprint density at radius 3 is 2.94 bits per heavy atom. The molecule has 1 saturated heterocycles. The molecule has 18 heavy (non-hydrogen) atoms. The largest absolute Gasteiger partial charge is 0.388 e. The predicted octanol–water partition coefficient (Wildman–Crippen LogP) is 1.80. The van der Waals surface area contributed by atoms with Crippen molar-refractivity contribution in [1.82, 2.24) is 5.32 Å². The number of nitrogens with one attached hydrogen (secondary N) is 1. The molecule has 2 aliphatic heterocycles. The molecule has 3 nitrogen and oxygen atoms in total. The van der Waals surface area contributed by atoms with Crippen molar-refractivity contribution in [3.63, 3.8) is 0 Å². The van der Waals surface area contributed by atoms with E-state index >= 15 is 0 Å². The van der Waals surface area contributed by atoms with Crippen LogP contribution >= 0.6 is 0 Å². The van der Waals surface area contributed by atoms with E-state index in [1.807, 2.05) is 6.07 Å². The van der Waals surface area contributed by atoms with Crippen molar-refractivity contribution >= 4 is 0 Å². The summed E-state index contributed by atoms with van der Waals surface area (Å²) in [5, 5.41) is 14.0. The Bertz CT molecular complexity index is 421. The molecule has 1 aromatic carbocycles. The molecule has 2 heterocycles. The molecule has 0 spiro atoms. The first-order chi connectivity index (χ1) is 8.75.